The van der Waals surface area contributed by atoms with E-state index in [1.807, 2.05) is 0 Å². The molecule has 2 N–H and O–H groups in total. The molecular weight excluding hydrogens is 240 g/mol. The molecule has 1 heterocycles. The second-order valence-corrected chi connectivity index (χ2v) is 7.23. The van der Waals surface area contributed by atoms with Crippen LogP contribution in [0.1, 0.15) is 70.0 Å². The summed E-state index contributed by atoms with van der Waals surface area (Å²) in [6.07, 6.45) is 4.92. The van der Waals surface area contributed by atoms with Crippen molar-refractivity contribution >= 4 is 11.3 Å². The van der Waals surface area contributed by atoms with Crippen molar-refractivity contribution in [3.63, 3.8) is 0 Å². The minimum Gasteiger partial charge on any atom is -0.319 e. The molecule has 1 aromatic rings. The van der Waals surface area contributed by atoms with Gasteiger partial charge in [0.25, 0.3) is 0 Å². The topological polar surface area (TPSA) is 38.9 Å². The van der Waals surface area contributed by atoms with Gasteiger partial charge in [0.2, 0.25) is 0 Å². The lowest BCUT2D eigenvalue weighted by molar-refractivity contribution is 0.140. The smallest absolute Gasteiger partial charge is 0.113 e. The molecule has 0 spiro atoms. The zero-order valence-electron chi connectivity index (χ0n) is 12.1. The largest absolute Gasteiger partial charge is 0.319 e. The molecule has 2 atom stereocenters. The minimum atomic E-state index is -0.176. The molecule has 2 unspecified atom stereocenters. The van der Waals surface area contributed by atoms with Crippen molar-refractivity contribution < 1.29 is 0 Å². The Hall–Kier alpha value is -0.410. The third kappa shape index (κ3) is 2.48. The lowest BCUT2D eigenvalue weighted by Gasteiger charge is -2.42. The van der Waals surface area contributed by atoms with Gasteiger partial charge in [-0.25, -0.2) is 4.98 Å². The molecule has 0 aromatic carbocycles. The van der Waals surface area contributed by atoms with Crippen molar-refractivity contribution in [1.82, 2.24) is 4.98 Å². The molecule has 2 nitrogen and oxygen atoms in total. The van der Waals surface area contributed by atoms with Gasteiger partial charge in [0.1, 0.15) is 5.01 Å². The molecule has 1 aliphatic carbocycles. The average Bonchev–Trinajstić information content (AvgIpc) is 2.79. The van der Waals surface area contributed by atoms with Gasteiger partial charge in [0.15, 0.2) is 0 Å². The Balaban J connectivity index is 2.31. The quantitative estimate of drug-likeness (QED) is 0.887. The van der Waals surface area contributed by atoms with Gasteiger partial charge < -0.3 is 5.73 Å². The SMILES string of the molecule is CC(C)c1csc(C2(N)CCCCC2C(C)C)n1. The van der Waals surface area contributed by atoms with Gasteiger partial charge in [0.05, 0.1) is 11.2 Å². The van der Waals surface area contributed by atoms with E-state index < -0.39 is 0 Å². The molecule has 3 heteroatoms. The third-order valence-corrected chi connectivity index (χ3v) is 5.39. The number of nitrogens with zero attached hydrogens (tertiary/aromatic N) is 1. The summed E-state index contributed by atoms with van der Waals surface area (Å²) in [5, 5.41) is 3.37. The molecule has 0 radical (unpaired) electrons. The highest BCUT2D eigenvalue weighted by molar-refractivity contribution is 7.09. The van der Waals surface area contributed by atoms with Crippen molar-refractivity contribution in [2.24, 2.45) is 17.6 Å². The summed E-state index contributed by atoms with van der Waals surface area (Å²) in [6.45, 7) is 8.99. The van der Waals surface area contributed by atoms with E-state index in [1.54, 1.807) is 11.3 Å². The Morgan fingerprint density at radius 2 is 2.06 bits per heavy atom. The lowest BCUT2D eigenvalue weighted by atomic mass is 9.69. The number of hydrogen-bond acceptors (Lipinski definition) is 3. The minimum absolute atomic E-state index is 0.176. The van der Waals surface area contributed by atoms with Gasteiger partial charge in [-0.05, 0) is 30.6 Å². The van der Waals surface area contributed by atoms with E-state index in [2.05, 4.69) is 33.1 Å². The van der Waals surface area contributed by atoms with Crippen molar-refractivity contribution in [3.8, 4) is 0 Å². The molecule has 1 aliphatic rings. The predicted octanol–water partition coefficient (Wildman–Crippen LogP) is 4.27. The summed E-state index contributed by atoms with van der Waals surface area (Å²) in [6, 6.07) is 0. The van der Waals surface area contributed by atoms with Crippen LogP contribution >= 0.6 is 11.3 Å². The molecule has 0 bridgehead atoms. The summed E-state index contributed by atoms with van der Waals surface area (Å²) in [5.41, 5.74) is 7.81. The highest BCUT2D eigenvalue weighted by Gasteiger charge is 2.42. The van der Waals surface area contributed by atoms with Gasteiger partial charge in [-0.1, -0.05) is 40.5 Å². The highest BCUT2D eigenvalue weighted by Crippen LogP contribution is 2.44. The van der Waals surface area contributed by atoms with E-state index in [-0.39, 0.29) is 5.54 Å². The van der Waals surface area contributed by atoms with Crippen LogP contribution in [0.15, 0.2) is 5.38 Å². The van der Waals surface area contributed by atoms with Crippen molar-refractivity contribution in [1.29, 1.82) is 0 Å². The molecule has 0 amide bonds. The van der Waals surface area contributed by atoms with Crippen LogP contribution in [0.3, 0.4) is 0 Å². The first-order valence-corrected chi connectivity index (χ1v) is 8.08. The van der Waals surface area contributed by atoms with Crippen LogP contribution < -0.4 is 5.73 Å². The van der Waals surface area contributed by atoms with Gasteiger partial charge in [-0.15, -0.1) is 11.3 Å². The van der Waals surface area contributed by atoms with E-state index in [0.29, 0.717) is 17.8 Å². The van der Waals surface area contributed by atoms with Gasteiger partial charge >= 0.3 is 0 Å². The summed E-state index contributed by atoms with van der Waals surface area (Å²) < 4.78 is 0. The molecule has 102 valence electrons. The fourth-order valence-electron chi connectivity index (χ4n) is 3.18. The number of nitrogens with two attached hydrogens (primary N) is 1. The van der Waals surface area contributed by atoms with Crippen molar-refractivity contribution in [3.05, 3.63) is 16.1 Å². The lowest BCUT2D eigenvalue weighted by Crippen LogP contribution is -2.48. The maximum atomic E-state index is 6.79. The van der Waals surface area contributed by atoms with Crippen molar-refractivity contribution in [2.75, 3.05) is 0 Å². The third-order valence-electron chi connectivity index (χ3n) is 4.33. The van der Waals surface area contributed by atoms with E-state index in [0.717, 1.165) is 6.42 Å². The number of rotatable bonds is 3. The molecule has 2 rings (SSSR count). The zero-order chi connectivity index (χ0) is 13.3. The van der Waals surface area contributed by atoms with E-state index in [9.17, 15) is 0 Å². The normalized spacial score (nSPS) is 29.2. The van der Waals surface area contributed by atoms with E-state index >= 15 is 0 Å². The van der Waals surface area contributed by atoms with E-state index in [1.165, 1.54) is 30.0 Å². The Bertz CT molecular complexity index is 397. The molecule has 1 fully saturated rings. The zero-order valence-corrected chi connectivity index (χ0v) is 12.9. The summed E-state index contributed by atoms with van der Waals surface area (Å²) >= 11 is 1.77. The molecule has 0 aliphatic heterocycles. The first kappa shape index (κ1) is 14.0. The molecule has 1 saturated carbocycles. The maximum absolute atomic E-state index is 6.79. The van der Waals surface area contributed by atoms with Crippen LogP contribution in [-0.2, 0) is 5.54 Å². The molecule has 1 aromatic heterocycles. The molecular formula is C15H26N2S. The second-order valence-electron chi connectivity index (χ2n) is 6.37. The maximum Gasteiger partial charge on any atom is 0.113 e. The summed E-state index contributed by atoms with van der Waals surface area (Å²) in [5.74, 6) is 1.72. The van der Waals surface area contributed by atoms with E-state index in [4.69, 9.17) is 10.7 Å². The van der Waals surface area contributed by atoms with Crippen LogP contribution in [0.5, 0.6) is 0 Å². The Morgan fingerprint density at radius 1 is 1.33 bits per heavy atom. The van der Waals surface area contributed by atoms with Gasteiger partial charge in [0, 0.05) is 5.38 Å². The number of thiazole rings is 1. The Morgan fingerprint density at radius 3 is 2.61 bits per heavy atom. The number of hydrogen-bond donors (Lipinski definition) is 1. The van der Waals surface area contributed by atoms with Crippen LogP contribution in [0.25, 0.3) is 0 Å². The Kier molecular flexibility index (Phi) is 4.12. The Labute approximate surface area is 115 Å². The monoisotopic (exact) mass is 266 g/mol. The summed E-state index contributed by atoms with van der Waals surface area (Å²) in [4.78, 5) is 4.83. The predicted molar refractivity (Wildman–Crippen MR) is 78.9 cm³/mol. The standard InChI is InChI=1S/C15H26N2S/c1-10(2)12-7-5-6-8-15(12,16)14-17-13(9-18-14)11(3)4/h9-12H,5-8,16H2,1-4H3. The van der Waals surface area contributed by atoms with Crippen LogP contribution in [-0.4, -0.2) is 4.98 Å². The van der Waals surface area contributed by atoms with Gasteiger partial charge in [-0.3, -0.25) is 0 Å². The fraction of sp³-hybridized carbons (Fsp3) is 0.800. The first-order chi connectivity index (χ1) is 8.45. The van der Waals surface area contributed by atoms with Crippen LogP contribution in [0.4, 0.5) is 0 Å². The van der Waals surface area contributed by atoms with Crippen molar-refractivity contribution in [2.45, 2.75) is 64.8 Å². The van der Waals surface area contributed by atoms with Crippen LogP contribution in [0.2, 0.25) is 0 Å². The summed E-state index contributed by atoms with van der Waals surface area (Å²) in [7, 11) is 0. The average molecular weight is 266 g/mol. The fourth-order valence-corrected chi connectivity index (χ4v) is 4.37. The molecule has 18 heavy (non-hydrogen) atoms. The van der Waals surface area contributed by atoms with Crippen LogP contribution in [0, 0.1) is 11.8 Å². The second kappa shape index (κ2) is 5.30. The van der Waals surface area contributed by atoms with Gasteiger partial charge in [-0.2, -0.15) is 0 Å². The highest BCUT2D eigenvalue weighted by atomic mass is 32.1. The number of aromatic nitrogens is 1. The first-order valence-electron chi connectivity index (χ1n) is 7.20. The molecule has 0 saturated heterocycles.